The molecule has 1 aromatic carbocycles. The van der Waals surface area contributed by atoms with Crippen LogP contribution in [0.25, 0.3) is 0 Å². The molecular formula is C23H21ClN6O2S. The van der Waals surface area contributed by atoms with Crippen LogP contribution in [0.1, 0.15) is 34.3 Å². The minimum absolute atomic E-state index is 0.134. The molecule has 4 rings (SSSR count). The number of carbonyl (C=O) groups excluding carboxylic acids is 2. The normalized spacial score (nSPS) is 16.1. The number of aromatic nitrogens is 1. The van der Waals surface area contributed by atoms with Gasteiger partial charge in [-0.15, -0.1) is 11.8 Å². The summed E-state index contributed by atoms with van der Waals surface area (Å²) < 4.78 is 0. The maximum absolute atomic E-state index is 13.4. The molecule has 0 radical (unpaired) electrons. The maximum Gasteiger partial charge on any atom is 0.274 e. The smallest absolute Gasteiger partial charge is 0.274 e. The zero-order valence-corrected chi connectivity index (χ0v) is 19.5. The lowest BCUT2D eigenvalue weighted by Gasteiger charge is -2.23. The number of anilines is 2. The largest absolute Gasteiger partial charge is 0.349 e. The summed E-state index contributed by atoms with van der Waals surface area (Å²) in [4.78, 5) is 30.6. The van der Waals surface area contributed by atoms with E-state index in [1.165, 1.54) is 22.8 Å². The lowest BCUT2D eigenvalue weighted by atomic mass is 10.0. The number of hydrogen-bond acceptors (Lipinski definition) is 7. The molecule has 1 saturated carbocycles. The van der Waals surface area contributed by atoms with Crippen molar-refractivity contribution in [3.63, 3.8) is 0 Å². The average Bonchev–Trinajstić information content (AvgIpc) is 3.51. The summed E-state index contributed by atoms with van der Waals surface area (Å²) >= 11 is 7.81. The molecule has 33 heavy (non-hydrogen) atoms. The van der Waals surface area contributed by atoms with Crippen molar-refractivity contribution in [3.8, 4) is 6.07 Å². The minimum Gasteiger partial charge on any atom is -0.349 e. The highest BCUT2D eigenvalue weighted by Crippen LogP contribution is 2.31. The van der Waals surface area contributed by atoms with Gasteiger partial charge in [0.1, 0.15) is 5.70 Å². The van der Waals surface area contributed by atoms with Gasteiger partial charge < -0.3 is 10.6 Å². The van der Waals surface area contributed by atoms with Gasteiger partial charge in [-0.1, -0.05) is 11.6 Å². The Morgan fingerprint density at radius 2 is 2.15 bits per heavy atom. The predicted molar refractivity (Wildman–Crippen MR) is 130 cm³/mol. The van der Waals surface area contributed by atoms with Crippen molar-refractivity contribution in [2.75, 3.05) is 16.6 Å². The van der Waals surface area contributed by atoms with E-state index in [2.05, 4.69) is 27.1 Å². The topological polar surface area (TPSA) is 110 Å². The van der Waals surface area contributed by atoms with Gasteiger partial charge in [0, 0.05) is 12.2 Å². The third-order valence-corrected chi connectivity index (χ3v) is 5.85. The van der Waals surface area contributed by atoms with E-state index in [1.54, 1.807) is 37.4 Å². The first-order valence-electron chi connectivity index (χ1n) is 10.2. The Bertz CT molecular complexity index is 1230. The molecule has 2 amide bonds. The number of rotatable bonds is 6. The molecule has 3 N–H and O–H groups in total. The molecular weight excluding hydrogens is 460 g/mol. The third-order valence-electron chi connectivity index (χ3n) is 5.06. The molecule has 0 unspecified atom stereocenters. The van der Waals surface area contributed by atoms with Gasteiger partial charge in [0.05, 0.1) is 33.6 Å². The van der Waals surface area contributed by atoms with Gasteiger partial charge in [0.15, 0.2) is 5.82 Å². The maximum atomic E-state index is 13.4. The van der Waals surface area contributed by atoms with Crippen LogP contribution in [0, 0.1) is 18.3 Å². The second-order valence-electron chi connectivity index (χ2n) is 7.62. The number of thioether (sulfide) groups is 1. The standard InChI is InChI=1S/C23H21ClN6O2S/c1-13-8-14(11-25)9-17(22(31)27-15-5-6-15)20(13)28-23(32)19-10-16(12-33-2)29-30(19)21-18(24)4-3-7-26-21/h3-4,7-10,12,15,29H,5-6H2,1-2H3,(H,27,31)(H,28,32). The first-order valence-corrected chi connectivity index (χ1v) is 11.9. The molecule has 0 spiro atoms. The van der Waals surface area contributed by atoms with E-state index in [1.807, 2.05) is 11.7 Å². The van der Waals surface area contributed by atoms with Gasteiger partial charge in [-0.2, -0.15) is 5.26 Å². The van der Waals surface area contributed by atoms with Crippen LogP contribution >= 0.6 is 23.4 Å². The van der Waals surface area contributed by atoms with E-state index >= 15 is 0 Å². The number of benzene rings is 1. The number of nitrogens with one attached hydrogen (secondary N) is 3. The lowest BCUT2D eigenvalue weighted by Crippen LogP contribution is -2.37. The number of amides is 2. The van der Waals surface area contributed by atoms with Crippen molar-refractivity contribution >= 4 is 46.7 Å². The van der Waals surface area contributed by atoms with E-state index < -0.39 is 5.91 Å². The van der Waals surface area contributed by atoms with Crippen LogP contribution in [0.5, 0.6) is 0 Å². The Morgan fingerprint density at radius 1 is 1.36 bits per heavy atom. The molecule has 1 aromatic heterocycles. The Labute approximate surface area is 200 Å². The minimum atomic E-state index is -0.456. The molecule has 0 bridgehead atoms. The first-order chi connectivity index (χ1) is 15.9. The molecule has 10 heteroatoms. The molecule has 1 fully saturated rings. The van der Waals surface area contributed by atoms with Gasteiger partial charge in [-0.25, -0.2) is 9.99 Å². The predicted octanol–water partition coefficient (Wildman–Crippen LogP) is 3.86. The van der Waals surface area contributed by atoms with Crippen LogP contribution in [0.15, 0.2) is 53.3 Å². The Balaban J connectivity index is 1.69. The van der Waals surface area contributed by atoms with Crippen LogP contribution in [0.2, 0.25) is 5.02 Å². The number of allylic oxidation sites excluding steroid dienone is 1. The second kappa shape index (κ2) is 9.57. The SMILES string of the molecule is CSC=C1C=C(C(=O)Nc2c(C)cc(C#N)cc2C(=O)NC2CC2)N(c2ncccc2Cl)N1. The average molecular weight is 481 g/mol. The molecule has 1 aliphatic carbocycles. The molecule has 2 aliphatic rings. The second-order valence-corrected chi connectivity index (χ2v) is 8.74. The molecule has 0 atom stereocenters. The van der Waals surface area contributed by atoms with Gasteiger partial charge >= 0.3 is 0 Å². The zero-order chi connectivity index (χ0) is 23.5. The third kappa shape index (κ3) is 4.97. The van der Waals surface area contributed by atoms with E-state index in [4.69, 9.17) is 11.6 Å². The number of nitrogens with zero attached hydrogens (tertiary/aromatic N) is 3. The van der Waals surface area contributed by atoms with Crippen molar-refractivity contribution in [3.05, 3.63) is 75.1 Å². The molecule has 0 saturated heterocycles. The summed E-state index contributed by atoms with van der Waals surface area (Å²) in [5.74, 6) is -0.408. The van der Waals surface area contributed by atoms with E-state index in [-0.39, 0.29) is 23.2 Å². The fourth-order valence-corrected chi connectivity index (χ4v) is 3.94. The van der Waals surface area contributed by atoms with E-state index in [9.17, 15) is 14.9 Å². The van der Waals surface area contributed by atoms with Crippen molar-refractivity contribution in [1.82, 2.24) is 15.7 Å². The van der Waals surface area contributed by atoms with E-state index in [0.717, 1.165) is 12.8 Å². The number of carbonyl (C=O) groups is 2. The Hall–Kier alpha value is -3.48. The van der Waals surface area contributed by atoms with Crippen molar-refractivity contribution < 1.29 is 9.59 Å². The number of hydrazine groups is 1. The van der Waals surface area contributed by atoms with Gasteiger partial charge in [0.2, 0.25) is 0 Å². The van der Waals surface area contributed by atoms with Crippen molar-refractivity contribution in [1.29, 1.82) is 5.26 Å². The van der Waals surface area contributed by atoms with Crippen molar-refractivity contribution in [2.24, 2.45) is 0 Å². The van der Waals surface area contributed by atoms with Gasteiger partial charge in [-0.3, -0.25) is 15.0 Å². The fourth-order valence-electron chi connectivity index (χ4n) is 3.36. The highest BCUT2D eigenvalue weighted by Gasteiger charge is 2.30. The molecule has 2 heterocycles. The quantitative estimate of drug-likeness (QED) is 0.575. The molecule has 168 valence electrons. The van der Waals surface area contributed by atoms with Crippen LogP contribution in [-0.4, -0.2) is 29.1 Å². The van der Waals surface area contributed by atoms with Crippen LogP contribution < -0.4 is 21.1 Å². The number of hydrogen-bond donors (Lipinski definition) is 3. The van der Waals surface area contributed by atoms with Crippen LogP contribution in [0.4, 0.5) is 11.5 Å². The molecule has 1 aliphatic heterocycles. The summed E-state index contributed by atoms with van der Waals surface area (Å²) in [6.45, 7) is 1.75. The first kappa shape index (κ1) is 22.7. The highest BCUT2D eigenvalue weighted by molar-refractivity contribution is 8.01. The monoisotopic (exact) mass is 480 g/mol. The van der Waals surface area contributed by atoms with Crippen molar-refractivity contribution in [2.45, 2.75) is 25.8 Å². The van der Waals surface area contributed by atoms with Gasteiger partial charge in [0.25, 0.3) is 11.8 Å². The zero-order valence-electron chi connectivity index (χ0n) is 18.0. The van der Waals surface area contributed by atoms with Crippen LogP contribution in [-0.2, 0) is 4.79 Å². The Morgan fingerprint density at radius 3 is 2.82 bits per heavy atom. The summed E-state index contributed by atoms with van der Waals surface area (Å²) in [5, 5.41) is 18.9. The lowest BCUT2D eigenvalue weighted by molar-refractivity contribution is -0.112. The summed E-state index contributed by atoms with van der Waals surface area (Å²) in [6, 6.07) is 8.72. The summed E-state index contributed by atoms with van der Waals surface area (Å²) in [6.07, 6.45) is 7.02. The number of halogens is 1. The fraction of sp³-hybridized carbons (Fsp3) is 0.217. The van der Waals surface area contributed by atoms with Gasteiger partial charge in [-0.05, 0) is 67.3 Å². The van der Waals surface area contributed by atoms with Crippen LogP contribution in [0.3, 0.4) is 0 Å². The molecule has 2 aromatic rings. The molecule has 8 nitrogen and oxygen atoms in total. The van der Waals surface area contributed by atoms with E-state index in [0.29, 0.717) is 33.4 Å². The highest BCUT2D eigenvalue weighted by atomic mass is 35.5. The number of pyridine rings is 1. The number of nitriles is 1. The number of aryl methyl sites for hydroxylation is 1. The summed E-state index contributed by atoms with van der Waals surface area (Å²) in [5.41, 5.74) is 5.63. The summed E-state index contributed by atoms with van der Waals surface area (Å²) in [7, 11) is 0. The Kier molecular flexibility index (Phi) is 6.58.